The first-order chi connectivity index (χ1) is 5.74. The Labute approximate surface area is 75.5 Å². The van der Waals surface area contributed by atoms with Gasteiger partial charge in [-0.05, 0) is 24.4 Å². The molecule has 0 bridgehead atoms. The number of methoxy groups -OCH3 is 1. The molecule has 1 aromatic rings. The van der Waals surface area contributed by atoms with Crippen LogP contribution in [-0.4, -0.2) is 13.1 Å². The molecule has 2 nitrogen and oxygen atoms in total. The predicted molar refractivity (Wildman–Crippen MR) is 50.0 cm³/mol. The van der Waals surface area contributed by atoms with Crippen molar-refractivity contribution >= 4 is 23.4 Å². The van der Waals surface area contributed by atoms with Gasteiger partial charge in [-0.1, -0.05) is 6.07 Å². The van der Waals surface area contributed by atoms with Crippen LogP contribution in [0.1, 0.15) is 11.8 Å². The number of carbonyl (C=O) groups excluding carboxylic acids is 1. The van der Waals surface area contributed by atoms with Crippen LogP contribution in [0.4, 0.5) is 0 Å². The molecule has 0 saturated heterocycles. The highest BCUT2D eigenvalue weighted by Crippen LogP contribution is 2.13. The van der Waals surface area contributed by atoms with Gasteiger partial charge in [0.1, 0.15) is 0 Å². The number of hydrogen-bond donors (Lipinski definition) is 0. The van der Waals surface area contributed by atoms with E-state index in [-0.39, 0.29) is 5.97 Å². The van der Waals surface area contributed by atoms with Gasteiger partial charge in [0.25, 0.3) is 0 Å². The molecule has 0 radical (unpaired) electrons. The van der Waals surface area contributed by atoms with E-state index in [4.69, 9.17) is 0 Å². The summed E-state index contributed by atoms with van der Waals surface area (Å²) in [6.45, 7) is 1.74. The van der Waals surface area contributed by atoms with Crippen LogP contribution >= 0.6 is 11.3 Å². The van der Waals surface area contributed by atoms with E-state index >= 15 is 0 Å². The molecule has 1 heterocycles. The first-order valence-corrected chi connectivity index (χ1v) is 4.42. The summed E-state index contributed by atoms with van der Waals surface area (Å²) in [6.07, 6.45) is 1.82. The van der Waals surface area contributed by atoms with E-state index in [0.717, 1.165) is 4.88 Å². The van der Waals surface area contributed by atoms with Crippen molar-refractivity contribution in [2.45, 2.75) is 6.92 Å². The van der Waals surface area contributed by atoms with E-state index in [2.05, 4.69) is 4.74 Å². The highest BCUT2D eigenvalue weighted by molar-refractivity contribution is 7.10. The molecule has 12 heavy (non-hydrogen) atoms. The second-order valence-corrected chi connectivity index (χ2v) is 3.31. The maximum absolute atomic E-state index is 11.0. The van der Waals surface area contributed by atoms with Crippen LogP contribution < -0.4 is 0 Å². The van der Waals surface area contributed by atoms with Crippen molar-refractivity contribution in [3.63, 3.8) is 0 Å². The molecule has 0 atom stereocenters. The fraction of sp³-hybridized carbons (Fsp3) is 0.222. The molecule has 0 aliphatic rings. The molecule has 64 valence electrons. The lowest BCUT2D eigenvalue weighted by Gasteiger charge is -1.96. The van der Waals surface area contributed by atoms with Crippen LogP contribution in [0.2, 0.25) is 0 Å². The molecule has 0 unspecified atom stereocenters. The zero-order valence-electron chi connectivity index (χ0n) is 7.03. The summed E-state index contributed by atoms with van der Waals surface area (Å²) in [5.41, 5.74) is 0.625. The van der Waals surface area contributed by atoms with Gasteiger partial charge in [0, 0.05) is 10.5 Å². The molecule has 0 aromatic carbocycles. The summed E-state index contributed by atoms with van der Waals surface area (Å²) in [6, 6.07) is 3.90. The molecule has 0 N–H and O–H groups in total. The maximum atomic E-state index is 11.0. The van der Waals surface area contributed by atoms with E-state index in [1.54, 1.807) is 18.3 Å². The minimum atomic E-state index is -0.275. The number of esters is 1. The van der Waals surface area contributed by atoms with Gasteiger partial charge in [0.15, 0.2) is 0 Å². The summed E-state index contributed by atoms with van der Waals surface area (Å²) in [4.78, 5) is 12.0. The van der Waals surface area contributed by atoms with E-state index in [1.807, 2.05) is 23.6 Å². The van der Waals surface area contributed by atoms with E-state index < -0.39 is 0 Å². The molecule has 1 aromatic heterocycles. The Bertz CT molecular complexity index is 285. The zero-order chi connectivity index (χ0) is 8.97. The molecule has 1 rings (SSSR count). The molecule has 0 fully saturated rings. The summed E-state index contributed by atoms with van der Waals surface area (Å²) in [7, 11) is 1.38. The van der Waals surface area contributed by atoms with Gasteiger partial charge < -0.3 is 4.74 Å². The normalized spacial score (nSPS) is 11.3. The highest BCUT2D eigenvalue weighted by Gasteiger charge is 2.02. The third-order valence-corrected chi connectivity index (χ3v) is 2.23. The number of carbonyl (C=O) groups is 1. The molecule has 0 spiro atoms. The number of rotatable bonds is 2. The summed E-state index contributed by atoms with van der Waals surface area (Å²) >= 11 is 1.59. The quantitative estimate of drug-likeness (QED) is 0.518. The van der Waals surface area contributed by atoms with Crippen LogP contribution in [0.3, 0.4) is 0 Å². The lowest BCUT2D eigenvalue weighted by atomic mass is 10.2. The Kier molecular flexibility index (Phi) is 3.05. The Morgan fingerprint density at radius 3 is 2.92 bits per heavy atom. The maximum Gasteiger partial charge on any atom is 0.333 e. The molecule has 3 heteroatoms. The van der Waals surface area contributed by atoms with Crippen molar-refractivity contribution in [2.75, 3.05) is 7.11 Å². The van der Waals surface area contributed by atoms with Crippen LogP contribution in [0.25, 0.3) is 6.08 Å². The largest absolute Gasteiger partial charge is 0.466 e. The summed E-state index contributed by atoms with van der Waals surface area (Å²) < 4.78 is 4.56. The van der Waals surface area contributed by atoms with E-state index in [9.17, 15) is 4.79 Å². The number of hydrogen-bond acceptors (Lipinski definition) is 3. The summed E-state index contributed by atoms with van der Waals surface area (Å²) in [5, 5.41) is 1.97. The minimum Gasteiger partial charge on any atom is -0.466 e. The Morgan fingerprint density at radius 1 is 1.67 bits per heavy atom. The van der Waals surface area contributed by atoms with Gasteiger partial charge in [-0.25, -0.2) is 4.79 Å². The fourth-order valence-electron chi connectivity index (χ4n) is 0.807. The average Bonchev–Trinajstić information content (AvgIpc) is 2.55. The van der Waals surface area contributed by atoms with Crippen molar-refractivity contribution < 1.29 is 9.53 Å². The second-order valence-electron chi connectivity index (χ2n) is 2.33. The van der Waals surface area contributed by atoms with Crippen LogP contribution in [-0.2, 0) is 9.53 Å². The highest BCUT2D eigenvalue weighted by atomic mass is 32.1. The first kappa shape index (κ1) is 9.00. The molecule has 0 amide bonds. The second kappa shape index (κ2) is 4.07. The van der Waals surface area contributed by atoms with Gasteiger partial charge >= 0.3 is 5.97 Å². The van der Waals surface area contributed by atoms with Gasteiger partial charge in [-0.2, -0.15) is 0 Å². The predicted octanol–water partition coefficient (Wildman–Crippen LogP) is 2.32. The minimum absolute atomic E-state index is 0.275. The Hall–Kier alpha value is -1.09. The van der Waals surface area contributed by atoms with Crippen LogP contribution in [0, 0.1) is 0 Å². The van der Waals surface area contributed by atoms with Crippen molar-refractivity contribution in [3.8, 4) is 0 Å². The Balaban J connectivity index is 2.76. The van der Waals surface area contributed by atoms with Crippen molar-refractivity contribution in [1.82, 2.24) is 0 Å². The molecular formula is C9H10O2S. The zero-order valence-corrected chi connectivity index (χ0v) is 7.85. The first-order valence-electron chi connectivity index (χ1n) is 3.54. The third-order valence-electron chi connectivity index (χ3n) is 1.41. The summed E-state index contributed by atoms with van der Waals surface area (Å²) in [5.74, 6) is -0.275. The molecule has 0 aliphatic heterocycles. The van der Waals surface area contributed by atoms with E-state index in [0.29, 0.717) is 5.57 Å². The monoisotopic (exact) mass is 182 g/mol. The lowest BCUT2D eigenvalue weighted by molar-refractivity contribution is -0.135. The topological polar surface area (TPSA) is 26.3 Å². The lowest BCUT2D eigenvalue weighted by Crippen LogP contribution is -2.00. The van der Waals surface area contributed by atoms with E-state index in [1.165, 1.54) is 7.11 Å². The van der Waals surface area contributed by atoms with Gasteiger partial charge in [0.2, 0.25) is 0 Å². The standard InChI is InChI=1S/C9H10O2S/c1-7(9(10)11-2)6-8-4-3-5-12-8/h3-6H,1-2H3. The van der Waals surface area contributed by atoms with Gasteiger partial charge in [-0.15, -0.1) is 11.3 Å². The van der Waals surface area contributed by atoms with Gasteiger partial charge in [-0.3, -0.25) is 0 Å². The van der Waals surface area contributed by atoms with Gasteiger partial charge in [0.05, 0.1) is 7.11 Å². The third kappa shape index (κ3) is 2.20. The smallest absolute Gasteiger partial charge is 0.333 e. The number of thiophene rings is 1. The fourth-order valence-corrected chi connectivity index (χ4v) is 1.52. The average molecular weight is 182 g/mol. The van der Waals surface area contributed by atoms with Crippen LogP contribution in [0.15, 0.2) is 23.1 Å². The SMILES string of the molecule is COC(=O)C(C)=Cc1cccs1. The van der Waals surface area contributed by atoms with Crippen molar-refractivity contribution in [2.24, 2.45) is 0 Å². The molecule has 0 aliphatic carbocycles. The van der Waals surface area contributed by atoms with Crippen molar-refractivity contribution in [1.29, 1.82) is 0 Å². The number of ether oxygens (including phenoxy) is 1. The van der Waals surface area contributed by atoms with Crippen LogP contribution in [0.5, 0.6) is 0 Å². The van der Waals surface area contributed by atoms with Crippen molar-refractivity contribution in [3.05, 3.63) is 28.0 Å². The Morgan fingerprint density at radius 2 is 2.42 bits per heavy atom. The molecular weight excluding hydrogens is 172 g/mol. The molecule has 0 saturated carbocycles.